The molecule has 2 N–H and O–H groups in total. The third kappa shape index (κ3) is 3.56. The van der Waals surface area contributed by atoms with E-state index in [0.717, 1.165) is 0 Å². The molecule has 0 aliphatic carbocycles. The molecule has 0 saturated carbocycles. The van der Waals surface area contributed by atoms with Crippen molar-refractivity contribution in [1.29, 1.82) is 0 Å². The maximum atomic E-state index is 11.7. The highest BCUT2D eigenvalue weighted by molar-refractivity contribution is 6.33. The number of halogens is 1. The summed E-state index contributed by atoms with van der Waals surface area (Å²) >= 11 is 5.94. The lowest BCUT2D eigenvalue weighted by Crippen LogP contribution is -2.17. The molecule has 1 amide bonds. The van der Waals surface area contributed by atoms with Gasteiger partial charge in [-0.05, 0) is 24.3 Å². The van der Waals surface area contributed by atoms with E-state index in [1.54, 1.807) is 24.3 Å². The molecule has 0 fully saturated rings. The summed E-state index contributed by atoms with van der Waals surface area (Å²) in [5.74, 6) is -0.373. The summed E-state index contributed by atoms with van der Waals surface area (Å²) < 4.78 is 0. The first-order chi connectivity index (χ1) is 9.16. The predicted molar refractivity (Wildman–Crippen MR) is 74.6 cm³/mol. The molecule has 4 nitrogen and oxygen atoms in total. The van der Waals surface area contributed by atoms with Crippen molar-refractivity contribution in [2.75, 3.05) is 0 Å². The number of hydrogen-bond donors (Lipinski definition) is 2. The van der Waals surface area contributed by atoms with Crippen molar-refractivity contribution in [1.82, 2.24) is 5.43 Å². The van der Waals surface area contributed by atoms with Crippen LogP contribution in [0.3, 0.4) is 0 Å². The Bertz CT molecular complexity index is 626. The molecule has 5 heteroatoms. The quantitative estimate of drug-likeness (QED) is 0.668. The number of nitrogens with zero attached hydrogens (tertiary/aromatic N) is 1. The SMILES string of the molecule is O=C(NN=Cc1ccccc1Cl)c1cccc(O)c1. The fourth-order valence-electron chi connectivity index (χ4n) is 1.45. The second-order valence-electron chi connectivity index (χ2n) is 3.77. The lowest BCUT2D eigenvalue weighted by Gasteiger charge is -2.00. The van der Waals surface area contributed by atoms with Crippen molar-refractivity contribution in [3.63, 3.8) is 0 Å². The van der Waals surface area contributed by atoms with Crippen LogP contribution in [0.2, 0.25) is 5.02 Å². The largest absolute Gasteiger partial charge is 0.508 e. The van der Waals surface area contributed by atoms with Gasteiger partial charge in [0.25, 0.3) is 5.91 Å². The number of benzene rings is 2. The molecule has 0 aliphatic heterocycles. The van der Waals surface area contributed by atoms with Gasteiger partial charge in [0.2, 0.25) is 0 Å². The summed E-state index contributed by atoms with van der Waals surface area (Å²) in [4.78, 5) is 11.7. The highest BCUT2D eigenvalue weighted by Crippen LogP contribution is 2.12. The van der Waals surface area contributed by atoms with E-state index in [1.165, 1.54) is 18.3 Å². The Morgan fingerprint density at radius 1 is 1.21 bits per heavy atom. The van der Waals surface area contributed by atoms with E-state index in [0.29, 0.717) is 16.1 Å². The number of phenols is 1. The fraction of sp³-hybridized carbons (Fsp3) is 0. The maximum absolute atomic E-state index is 11.7. The number of carbonyl (C=O) groups is 1. The minimum atomic E-state index is -0.404. The normalized spacial score (nSPS) is 10.6. The van der Waals surface area contributed by atoms with Crippen LogP contribution in [-0.4, -0.2) is 17.2 Å². The van der Waals surface area contributed by atoms with Crippen LogP contribution in [0.4, 0.5) is 0 Å². The van der Waals surface area contributed by atoms with Crippen LogP contribution >= 0.6 is 11.6 Å². The van der Waals surface area contributed by atoms with Crippen molar-refractivity contribution in [3.05, 3.63) is 64.7 Å². The molecule has 0 aromatic heterocycles. The molecular weight excluding hydrogens is 264 g/mol. The number of aromatic hydroxyl groups is 1. The molecule has 0 spiro atoms. The number of hydrazone groups is 1. The molecular formula is C14H11ClN2O2. The molecule has 2 aromatic rings. The van der Waals surface area contributed by atoms with Crippen LogP contribution in [0.15, 0.2) is 53.6 Å². The van der Waals surface area contributed by atoms with Crippen molar-refractivity contribution in [2.24, 2.45) is 5.10 Å². The summed E-state index contributed by atoms with van der Waals surface area (Å²) in [7, 11) is 0. The summed E-state index contributed by atoms with van der Waals surface area (Å²) in [6.07, 6.45) is 1.46. The summed E-state index contributed by atoms with van der Waals surface area (Å²) in [5, 5.41) is 13.6. The van der Waals surface area contributed by atoms with Gasteiger partial charge >= 0.3 is 0 Å². The molecule has 0 heterocycles. The molecule has 2 rings (SSSR count). The molecule has 0 atom stereocenters. The van der Waals surface area contributed by atoms with Crippen LogP contribution in [0, 0.1) is 0 Å². The molecule has 19 heavy (non-hydrogen) atoms. The first-order valence-corrected chi connectivity index (χ1v) is 5.91. The minimum absolute atomic E-state index is 0.0303. The predicted octanol–water partition coefficient (Wildman–Crippen LogP) is 2.81. The zero-order valence-corrected chi connectivity index (χ0v) is 10.6. The summed E-state index contributed by atoms with van der Waals surface area (Å²) in [5.41, 5.74) is 3.40. The van der Waals surface area contributed by atoms with Gasteiger partial charge in [0.1, 0.15) is 5.75 Å². The Morgan fingerprint density at radius 2 is 2.00 bits per heavy atom. The van der Waals surface area contributed by atoms with Gasteiger partial charge in [-0.3, -0.25) is 4.79 Å². The zero-order chi connectivity index (χ0) is 13.7. The van der Waals surface area contributed by atoms with Gasteiger partial charge in [-0.2, -0.15) is 5.10 Å². The third-order valence-corrected chi connectivity index (χ3v) is 2.73. The maximum Gasteiger partial charge on any atom is 0.271 e. The molecule has 2 aromatic carbocycles. The molecule has 0 saturated heterocycles. The van der Waals surface area contributed by atoms with Crippen LogP contribution < -0.4 is 5.43 Å². The van der Waals surface area contributed by atoms with Crippen LogP contribution in [0.25, 0.3) is 0 Å². The number of nitrogens with one attached hydrogen (secondary N) is 1. The molecule has 0 unspecified atom stereocenters. The first-order valence-electron chi connectivity index (χ1n) is 5.54. The van der Waals surface area contributed by atoms with E-state index in [-0.39, 0.29) is 5.75 Å². The van der Waals surface area contributed by atoms with Crippen molar-refractivity contribution in [3.8, 4) is 5.75 Å². The zero-order valence-electron chi connectivity index (χ0n) is 9.88. The van der Waals surface area contributed by atoms with Gasteiger partial charge in [0.05, 0.1) is 6.21 Å². The van der Waals surface area contributed by atoms with Crippen molar-refractivity contribution in [2.45, 2.75) is 0 Å². The van der Waals surface area contributed by atoms with E-state index in [4.69, 9.17) is 11.6 Å². The van der Waals surface area contributed by atoms with E-state index in [1.807, 2.05) is 12.1 Å². The third-order valence-electron chi connectivity index (χ3n) is 2.38. The molecule has 96 valence electrons. The molecule has 0 bridgehead atoms. The molecule has 0 aliphatic rings. The Kier molecular flexibility index (Phi) is 4.15. The standard InChI is InChI=1S/C14H11ClN2O2/c15-13-7-2-1-4-11(13)9-16-17-14(19)10-5-3-6-12(18)8-10/h1-9,18H,(H,17,19). The number of rotatable bonds is 3. The Labute approximate surface area is 115 Å². The Morgan fingerprint density at radius 3 is 2.74 bits per heavy atom. The lowest BCUT2D eigenvalue weighted by molar-refractivity contribution is 0.0954. The average Bonchev–Trinajstić information content (AvgIpc) is 2.41. The van der Waals surface area contributed by atoms with E-state index < -0.39 is 5.91 Å². The Hall–Kier alpha value is -2.33. The van der Waals surface area contributed by atoms with Gasteiger partial charge in [0, 0.05) is 16.1 Å². The first kappa shape index (κ1) is 13.1. The van der Waals surface area contributed by atoms with Crippen molar-refractivity contribution < 1.29 is 9.90 Å². The van der Waals surface area contributed by atoms with Gasteiger partial charge in [-0.15, -0.1) is 0 Å². The molecule has 0 radical (unpaired) electrons. The van der Waals surface area contributed by atoms with Crippen LogP contribution in [0.1, 0.15) is 15.9 Å². The van der Waals surface area contributed by atoms with Gasteiger partial charge in [-0.25, -0.2) is 5.43 Å². The topological polar surface area (TPSA) is 61.7 Å². The average molecular weight is 275 g/mol. The number of phenolic OH excluding ortho intramolecular Hbond substituents is 1. The van der Waals surface area contributed by atoms with Crippen LogP contribution in [0.5, 0.6) is 5.75 Å². The van der Waals surface area contributed by atoms with E-state index >= 15 is 0 Å². The summed E-state index contributed by atoms with van der Waals surface area (Å²) in [6, 6.07) is 13.2. The van der Waals surface area contributed by atoms with E-state index in [2.05, 4.69) is 10.5 Å². The second kappa shape index (κ2) is 6.02. The van der Waals surface area contributed by atoms with E-state index in [9.17, 15) is 9.90 Å². The van der Waals surface area contributed by atoms with Crippen LogP contribution in [-0.2, 0) is 0 Å². The van der Waals surface area contributed by atoms with Gasteiger partial charge < -0.3 is 5.11 Å². The monoisotopic (exact) mass is 274 g/mol. The fourth-order valence-corrected chi connectivity index (χ4v) is 1.64. The highest BCUT2D eigenvalue weighted by atomic mass is 35.5. The number of hydrogen-bond acceptors (Lipinski definition) is 3. The highest BCUT2D eigenvalue weighted by Gasteiger charge is 2.04. The number of amides is 1. The van der Waals surface area contributed by atoms with Gasteiger partial charge in [-0.1, -0.05) is 35.9 Å². The summed E-state index contributed by atoms with van der Waals surface area (Å²) in [6.45, 7) is 0. The minimum Gasteiger partial charge on any atom is -0.508 e. The van der Waals surface area contributed by atoms with Crippen molar-refractivity contribution >= 4 is 23.7 Å². The smallest absolute Gasteiger partial charge is 0.271 e. The second-order valence-corrected chi connectivity index (χ2v) is 4.18. The number of carbonyl (C=O) groups excluding carboxylic acids is 1. The Balaban J connectivity index is 2.03. The van der Waals surface area contributed by atoms with Gasteiger partial charge in [0.15, 0.2) is 0 Å². The lowest BCUT2D eigenvalue weighted by atomic mass is 10.2.